The standard InChI is InChI=1S/C18H20N6O4S2/c1-10-5-7-13(8-6-10)30(26,27)24-18-20-12(3)15(29-18)22-17(25)23-16-19-11(2)9-14(21-16)28-4/h5-9H,1-4H3,(H,20,24)(H2,19,21,22,23,25). The van der Waals surface area contributed by atoms with Crippen molar-refractivity contribution in [2.45, 2.75) is 25.7 Å². The number of hydrogen-bond donors (Lipinski definition) is 3. The van der Waals surface area contributed by atoms with Crippen molar-refractivity contribution in [2.24, 2.45) is 0 Å². The van der Waals surface area contributed by atoms with Crippen molar-refractivity contribution in [2.75, 3.05) is 22.5 Å². The van der Waals surface area contributed by atoms with Crippen LogP contribution in [-0.4, -0.2) is 36.5 Å². The molecule has 0 bridgehead atoms. The summed E-state index contributed by atoms with van der Waals surface area (Å²) in [4.78, 5) is 24.7. The molecule has 158 valence electrons. The van der Waals surface area contributed by atoms with Crippen LogP contribution < -0.4 is 20.1 Å². The van der Waals surface area contributed by atoms with E-state index in [0.717, 1.165) is 16.9 Å². The topological polar surface area (TPSA) is 135 Å². The van der Waals surface area contributed by atoms with Gasteiger partial charge in [-0.15, -0.1) is 0 Å². The number of aryl methyl sites for hydroxylation is 3. The van der Waals surface area contributed by atoms with E-state index in [4.69, 9.17) is 4.74 Å². The molecule has 2 amide bonds. The number of carbonyl (C=O) groups is 1. The average Bonchev–Trinajstić information content (AvgIpc) is 2.99. The molecular formula is C18H20N6O4S2. The molecule has 0 saturated heterocycles. The number of benzene rings is 1. The number of aromatic nitrogens is 3. The third-order valence-electron chi connectivity index (χ3n) is 3.84. The second-order valence-corrected chi connectivity index (χ2v) is 8.99. The minimum absolute atomic E-state index is 0.0758. The Morgan fingerprint density at radius 2 is 1.73 bits per heavy atom. The van der Waals surface area contributed by atoms with Crippen LogP contribution >= 0.6 is 11.3 Å². The monoisotopic (exact) mass is 448 g/mol. The maximum absolute atomic E-state index is 12.5. The second kappa shape index (κ2) is 8.63. The molecule has 10 nitrogen and oxygen atoms in total. The van der Waals surface area contributed by atoms with E-state index in [2.05, 4.69) is 30.3 Å². The van der Waals surface area contributed by atoms with Gasteiger partial charge in [0.05, 0.1) is 17.7 Å². The van der Waals surface area contributed by atoms with Gasteiger partial charge in [-0.2, -0.15) is 4.98 Å². The minimum atomic E-state index is -3.79. The van der Waals surface area contributed by atoms with Crippen LogP contribution in [0.4, 0.5) is 20.9 Å². The maximum Gasteiger partial charge on any atom is 0.326 e. The quantitative estimate of drug-likeness (QED) is 0.526. The molecule has 30 heavy (non-hydrogen) atoms. The summed E-state index contributed by atoms with van der Waals surface area (Å²) in [5.74, 6) is 0.395. The second-order valence-electron chi connectivity index (χ2n) is 6.31. The number of methoxy groups -OCH3 is 1. The van der Waals surface area contributed by atoms with Crippen LogP contribution in [0, 0.1) is 20.8 Å². The van der Waals surface area contributed by atoms with Gasteiger partial charge >= 0.3 is 6.03 Å². The van der Waals surface area contributed by atoms with E-state index in [1.807, 2.05) is 6.92 Å². The van der Waals surface area contributed by atoms with Crippen LogP contribution in [0.1, 0.15) is 17.0 Å². The third-order valence-corrected chi connectivity index (χ3v) is 6.31. The highest BCUT2D eigenvalue weighted by Crippen LogP contribution is 2.29. The summed E-state index contributed by atoms with van der Waals surface area (Å²) in [5.41, 5.74) is 2.03. The molecule has 0 aliphatic heterocycles. The number of amides is 2. The van der Waals surface area contributed by atoms with E-state index in [1.54, 1.807) is 32.0 Å². The lowest BCUT2D eigenvalue weighted by atomic mass is 10.2. The molecule has 0 aliphatic carbocycles. The number of anilines is 3. The molecule has 0 radical (unpaired) electrons. The van der Waals surface area contributed by atoms with Crippen LogP contribution in [0.5, 0.6) is 5.88 Å². The zero-order valence-electron chi connectivity index (χ0n) is 16.7. The molecule has 2 aromatic heterocycles. The predicted octanol–water partition coefficient (Wildman–Crippen LogP) is 3.31. The average molecular weight is 449 g/mol. The number of hydrogen-bond acceptors (Lipinski definition) is 8. The van der Waals surface area contributed by atoms with Crippen molar-refractivity contribution >= 4 is 43.5 Å². The number of ether oxygens (including phenoxy) is 1. The van der Waals surface area contributed by atoms with Crippen molar-refractivity contribution < 1.29 is 17.9 Å². The summed E-state index contributed by atoms with van der Waals surface area (Å²) < 4.78 is 32.5. The summed E-state index contributed by atoms with van der Waals surface area (Å²) >= 11 is 0.995. The van der Waals surface area contributed by atoms with Gasteiger partial charge < -0.3 is 4.74 Å². The predicted molar refractivity (Wildman–Crippen MR) is 115 cm³/mol. The zero-order chi connectivity index (χ0) is 21.9. The molecule has 12 heteroatoms. The van der Waals surface area contributed by atoms with E-state index in [9.17, 15) is 13.2 Å². The van der Waals surface area contributed by atoms with Gasteiger partial charge in [-0.05, 0) is 32.9 Å². The van der Waals surface area contributed by atoms with Crippen LogP contribution in [0.2, 0.25) is 0 Å². The highest BCUT2D eigenvalue weighted by Gasteiger charge is 2.18. The number of sulfonamides is 1. The van der Waals surface area contributed by atoms with E-state index in [0.29, 0.717) is 22.3 Å². The molecular weight excluding hydrogens is 428 g/mol. The fourth-order valence-electron chi connectivity index (χ4n) is 2.38. The summed E-state index contributed by atoms with van der Waals surface area (Å²) in [6, 6.07) is 7.48. The molecule has 0 saturated carbocycles. The Morgan fingerprint density at radius 1 is 1.03 bits per heavy atom. The Hall–Kier alpha value is -3.25. The van der Waals surface area contributed by atoms with Crippen LogP contribution in [0.3, 0.4) is 0 Å². The van der Waals surface area contributed by atoms with Gasteiger partial charge in [-0.1, -0.05) is 29.0 Å². The lowest BCUT2D eigenvalue weighted by Crippen LogP contribution is -2.21. The molecule has 3 rings (SSSR count). The molecule has 0 aliphatic rings. The van der Waals surface area contributed by atoms with Crippen molar-refractivity contribution in [3.8, 4) is 5.88 Å². The van der Waals surface area contributed by atoms with Crippen molar-refractivity contribution in [3.63, 3.8) is 0 Å². The first-order valence-electron chi connectivity index (χ1n) is 8.71. The number of rotatable bonds is 6. The molecule has 3 aromatic rings. The van der Waals surface area contributed by atoms with E-state index in [-0.39, 0.29) is 16.0 Å². The van der Waals surface area contributed by atoms with Gasteiger partial charge in [0.25, 0.3) is 10.0 Å². The van der Waals surface area contributed by atoms with Crippen molar-refractivity contribution in [1.82, 2.24) is 15.0 Å². The van der Waals surface area contributed by atoms with Gasteiger partial charge in [-0.25, -0.2) is 23.2 Å². The van der Waals surface area contributed by atoms with Gasteiger partial charge in [-0.3, -0.25) is 15.4 Å². The number of urea groups is 1. The zero-order valence-corrected chi connectivity index (χ0v) is 18.3. The highest BCUT2D eigenvalue weighted by molar-refractivity contribution is 7.93. The number of carbonyl (C=O) groups excluding carboxylic acids is 1. The summed E-state index contributed by atoms with van der Waals surface area (Å²) in [6.07, 6.45) is 0. The van der Waals surface area contributed by atoms with Crippen LogP contribution in [0.25, 0.3) is 0 Å². The first kappa shape index (κ1) is 21.5. The Labute approximate surface area is 177 Å². The Morgan fingerprint density at radius 3 is 2.40 bits per heavy atom. The van der Waals surface area contributed by atoms with Gasteiger partial charge in [0.2, 0.25) is 11.8 Å². The SMILES string of the molecule is COc1cc(C)nc(NC(=O)Nc2sc(NS(=O)(=O)c3ccc(C)cc3)nc2C)n1. The first-order valence-corrected chi connectivity index (χ1v) is 11.0. The summed E-state index contributed by atoms with van der Waals surface area (Å²) in [7, 11) is -2.32. The molecule has 2 heterocycles. The van der Waals surface area contributed by atoms with E-state index >= 15 is 0 Å². The molecule has 0 spiro atoms. The van der Waals surface area contributed by atoms with Crippen LogP contribution in [0.15, 0.2) is 35.2 Å². The Kier molecular flexibility index (Phi) is 6.17. The van der Waals surface area contributed by atoms with Crippen molar-refractivity contribution in [1.29, 1.82) is 0 Å². The number of nitrogens with one attached hydrogen (secondary N) is 3. The largest absolute Gasteiger partial charge is 0.481 e. The fraction of sp³-hybridized carbons (Fsp3) is 0.222. The molecule has 3 N–H and O–H groups in total. The molecule has 1 aromatic carbocycles. The van der Waals surface area contributed by atoms with Gasteiger partial charge in [0.15, 0.2) is 5.13 Å². The highest BCUT2D eigenvalue weighted by atomic mass is 32.2. The molecule has 0 atom stereocenters. The third kappa shape index (κ3) is 5.21. The van der Waals surface area contributed by atoms with E-state index < -0.39 is 16.1 Å². The summed E-state index contributed by atoms with van der Waals surface area (Å²) in [6.45, 7) is 5.27. The molecule has 0 unspecified atom stereocenters. The van der Waals surface area contributed by atoms with Crippen molar-refractivity contribution in [3.05, 3.63) is 47.3 Å². The van der Waals surface area contributed by atoms with E-state index in [1.165, 1.54) is 19.2 Å². The number of thiazole rings is 1. The Bertz CT molecular complexity index is 1180. The smallest absolute Gasteiger partial charge is 0.326 e. The first-order chi connectivity index (χ1) is 14.2. The lowest BCUT2D eigenvalue weighted by Gasteiger charge is -2.07. The summed E-state index contributed by atoms with van der Waals surface area (Å²) in [5, 5.41) is 5.65. The maximum atomic E-state index is 12.5. The van der Waals surface area contributed by atoms with Crippen LogP contribution in [-0.2, 0) is 10.0 Å². The normalized spacial score (nSPS) is 11.1. The molecule has 0 fully saturated rings. The van der Waals surface area contributed by atoms with Gasteiger partial charge in [0, 0.05) is 11.8 Å². The van der Waals surface area contributed by atoms with Gasteiger partial charge in [0.1, 0.15) is 5.00 Å². The minimum Gasteiger partial charge on any atom is -0.481 e. The Balaban J connectivity index is 1.71. The fourth-order valence-corrected chi connectivity index (χ4v) is 4.48. The lowest BCUT2D eigenvalue weighted by molar-refractivity contribution is 0.262. The number of nitrogens with zero attached hydrogens (tertiary/aromatic N) is 3.